The van der Waals surface area contributed by atoms with E-state index in [4.69, 9.17) is 0 Å². The number of hydrogen-bond donors (Lipinski definition) is 0. The fourth-order valence-corrected chi connectivity index (χ4v) is 6.99. The van der Waals surface area contributed by atoms with E-state index in [0.29, 0.717) is 0 Å². The van der Waals surface area contributed by atoms with Crippen LogP contribution in [0.2, 0.25) is 0 Å². The second kappa shape index (κ2) is 13.6. The van der Waals surface area contributed by atoms with Gasteiger partial charge in [-0.25, -0.2) is 0 Å². The van der Waals surface area contributed by atoms with Gasteiger partial charge in [0.1, 0.15) is 0 Å². The number of rotatable bonds is 8. The van der Waals surface area contributed by atoms with Crippen LogP contribution in [-0.2, 0) is 0 Å². The van der Waals surface area contributed by atoms with Crippen LogP contribution < -0.4 is 9.80 Å². The third-order valence-electron chi connectivity index (χ3n) is 9.25. The van der Waals surface area contributed by atoms with Crippen molar-refractivity contribution >= 4 is 67.8 Å². The Labute approximate surface area is 294 Å². The molecule has 240 valence electrons. The van der Waals surface area contributed by atoms with Crippen LogP contribution in [0.3, 0.4) is 0 Å². The van der Waals surface area contributed by atoms with Crippen molar-refractivity contribution in [1.29, 1.82) is 0 Å². The lowest BCUT2D eigenvalue weighted by molar-refractivity contribution is 1.26. The number of para-hydroxylation sites is 2. The van der Waals surface area contributed by atoms with Crippen molar-refractivity contribution in [2.45, 2.75) is 13.8 Å². The molecule has 0 saturated carbocycles. The Balaban J connectivity index is 1.12. The summed E-state index contributed by atoms with van der Waals surface area (Å²) in [6, 6.07) is 65.3. The summed E-state index contributed by atoms with van der Waals surface area (Å²) in [7, 11) is 0. The Hall–Kier alpha value is -6.38. The Morgan fingerprint density at radius 3 is 1.34 bits per heavy atom. The lowest BCUT2D eigenvalue weighted by Crippen LogP contribution is -2.11. The third kappa shape index (κ3) is 6.27. The number of hydrogen-bond acceptors (Lipinski definition) is 2. The Morgan fingerprint density at radius 1 is 0.340 bits per heavy atom. The number of benzene rings is 8. The minimum atomic E-state index is 1.12. The van der Waals surface area contributed by atoms with Gasteiger partial charge >= 0.3 is 0 Å². The van der Waals surface area contributed by atoms with Gasteiger partial charge in [-0.3, -0.25) is 0 Å². The molecule has 2 heteroatoms. The minimum absolute atomic E-state index is 1.12. The first-order valence-corrected chi connectivity index (χ1v) is 17.2. The van der Waals surface area contributed by atoms with Crippen molar-refractivity contribution in [2.75, 3.05) is 9.80 Å². The van der Waals surface area contributed by atoms with E-state index in [2.05, 4.69) is 218 Å². The quantitative estimate of drug-likeness (QED) is 0.120. The zero-order chi connectivity index (χ0) is 33.9. The highest BCUT2D eigenvalue weighted by Crippen LogP contribution is 2.42. The van der Waals surface area contributed by atoms with Crippen molar-refractivity contribution < 1.29 is 0 Å². The SMILES string of the molecule is Cc1cc(C)cc(N(c2ccc(/C=C/c3ccc(N(c4ccccc4)c4ccccc4)cc3)cc2)c2cc3ccccc3c3ccccc23)c1. The Kier molecular flexibility index (Phi) is 8.42. The summed E-state index contributed by atoms with van der Waals surface area (Å²) in [6.07, 6.45) is 4.38. The van der Waals surface area contributed by atoms with E-state index < -0.39 is 0 Å². The lowest BCUT2D eigenvalue weighted by atomic mass is 9.98. The maximum absolute atomic E-state index is 2.41. The van der Waals surface area contributed by atoms with Crippen LogP contribution in [0.15, 0.2) is 182 Å². The van der Waals surface area contributed by atoms with Crippen molar-refractivity contribution in [1.82, 2.24) is 0 Å². The van der Waals surface area contributed by atoms with E-state index in [-0.39, 0.29) is 0 Å². The lowest BCUT2D eigenvalue weighted by Gasteiger charge is -2.28. The highest BCUT2D eigenvalue weighted by atomic mass is 15.1. The molecule has 0 heterocycles. The van der Waals surface area contributed by atoms with Gasteiger partial charge in [0.05, 0.1) is 5.69 Å². The smallest absolute Gasteiger partial charge is 0.0546 e. The Morgan fingerprint density at radius 2 is 0.780 bits per heavy atom. The molecule has 0 aromatic heterocycles. The molecule has 0 N–H and O–H groups in total. The van der Waals surface area contributed by atoms with Crippen molar-refractivity contribution in [3.63, 3.8) is 0 Å². The van der Waals surface area contributed by atoms with Crippen LogP contribution in [0.4, 0.5) is 34.1 Å². The van der Waals surface area contributed by atoms with E-state index in [1.165, 1.54) is 38.4 Å². The predicted octanol–water partition coefficient (Wildman–Crippen LogP) is 13.7. The first kappa shape index (κ1) is 30.9. The maximum Gasteiger partial charge on any atom is 0.0546 e. The summed E-state index contributed by atoms with van der Waals surface area (Å²) < 4.78 is 0. The largest absolute Gasteiger partial charge is 0.311 e. The van der Waals surface area contributed by atoms with E-state index in [1.54, 1.807) is 0 Å². The molecule has 0 unspecified atom stereocenters. The summed E-state index contributed by atoms with van der Waals surface area (Å²) in [5.74, 6) is 0. The molecule has 2 nitrogen and oxygen atoms in total. The molecule has 0 atom stereocenters. The van der Waals surface area contributed by atoms with Gasteiger partial charge in [-0.05, 0) is 119 Å². The van der Waals surface area contributed by atoms with Crippen molar-refractivity contribution in [3.05, 3.63) is 204 Å². The predicted molar refractivity (Wildman–Crippen MR) is 216 cm³/mol. The van der Waals surface area contributed by atoms with Crippen molar-refractivity contribution in [3.8, 4) is 0 Å². The molecule has 0 bridgehead atoms. The molecular weight excluding hydrogens is 605 g/mol. The molecule has 0 saturated heterocycles. The number of fused-ring (bicyclic) bond motifs is 3. The molecule has 8 aromatic rings. The zero-order valence-corrected chi connectivity index (χ0v) is 28.4. The van der Waals surface area contributed by atoms with Crippen LogP contribution in [0.5, 0.6) is 0 Å². The first-order chi connectivity index (χ1) is 24.6. The fourth-order valence-electron chi connectivity index (χ4n) is 6.99. The standard InChI is InChI=1S/C48H38N2/c1-35-31-36(2)33-44(32-35)50(48-34-39-13-9-10-18-45(39)46-19-11-12-20-47(46)48)43-29-25-38(26-30-43)22-21-37-23-27-42(28-24-37)49(40-14-5-3-6-15-40)41-16-7-4-8-17-41/h3-34H,1-2H3/b22-21+. The van der Waals surface area contributed by atoms with E-state index in [9.17, 15) is 0 Å². The zero-order valence-electron chi connectivity index (χ0n) is 28.4. The summed E-state index contributed by atoms with van der Waals surface area (Å²) in [4.78, 5) is 4.69. The van der Waals surface area contributed by atoms with Crippen LogP contribution in [0.1, 0.15) is 22.3 Å². The average molecular weight is 643 g/mol. The molecule has 0 aliphatic rings. The highest BCUT2D eigenvalue weighted by molar-refractivity contribution is 6.14. The molecule has 0 amide bonds. The van der Waals surface area contributed by atoms with Gasteiger partial charge in [-0.2, -0.15) is 0 Å². The molecule has 0 spiro atoms. The van der Waals surface area contributed by atoms with Gasteiger partial charge in [-0.15, -0.1) is 0 Å². The molecule has 50 heavy (non-hydrogen) atoms. The van der Waals surface area contributed by atoms with E-state index in [0.717, 1.165) is 39.6 Å². The number of aryl methyl sites for hydroxylation is 2. The van der Waals surface area contributed by atoms with E-state index in [1.807, 2.05) is 0 Å². The van der Waals surface area contributed by atoms with Gasteiger partial charge in [-0.1, -0.05) is 127 Å². The van der Waals surface area contributed by atoms with Crippen LogP contribution in [-0.4, -0.2) is 0 Å². The first-order valence-electron chi connectivity index (χ1n) is 17.2. The second-order valence-corrected chi connectivity index (χ2v) is 12.9. The molecule has 0 radical (unpaired) electrons. The number of nitrogens with zero attached hydrogens (tertiary/aromatic N) is 2. The maximum atomic E-state index is 2.41. The summed E-state index contributed by atoms with van der Waals surface area (Å²) >= 11 is 0. The van der Waals surface area contributed by atoms with Crippen molar-refractivity contribution in [2.24, 2.45) is 0 Å². The van der Waals surface area contributed by atoms with Gasteiger partial charge in [0, 0.05) is 33.8 Å². The molecule has 0 aliphatic heterocycles. The van der Waals surface area contributed by atoms with Gasteiger partial charge in [0.2, 0.25) is 0 Å². The third-order valence-corrected chi connectivity index (χ3v) is 9.25. The molecule has 8 aromatic carbocycles. The van der Waals surface area contributed by atoms with Gasteiger partial charge in [0.25, 0.3) is 0 Å². The summed E-state index contributed by atoms with van der Waals surface area (Å²) in [6.45, 7) is 4.35. The Bertz CT molecular complexity index is 2370. The molecule has 8 rings (SSSR count). The minimum Gasteiger partial charge on any atom is -0.311 e. The molecule has 0 fully saturated rings. The topological polar surface area (TPSA) is 6.48 Å². The van der Waals surface area contributed by atoms with Crippen LogP contribution in [0, 0.1) is 13.8 Å². The molecule has 0 aliphatic carbocycles. The van der Waals surface area contributed by atoms with Crippen LogP contribution >= 0.6 is 0 Å². The van der Waals surface area contributed by atoms with E-state index >= 15 is 0 Å². The monoisotopic (exact) mass is 642 g/mol. The normalized spacial score (nSPS) is 11.3. The average Bonchev–Trinajstić information content (AvgIpc) is 3.16. The van der Waals surface area contributed by atoms with Gasteiger partial charge in [0.15, 0.2) is 0 Å². The van der Waals surface area contributed by atoms with Gasteiger partial charge < -0.3 is 9.80 Å². The molecular formula is C48H38N2. The summed E-state index contributed by atoms with van der Waals surface area (Å²) in [5.41, 5.74) is 11.6. The van der Waals surface area contributed by atoms with Crippen LogP contribution in [0.25, 0.3) is 33.7 Å². The second-order valence-electron chi connectivity index (χ2n) is 12.9. The highest BCUT2D eigenvalue weighted by Gasteiger charge is 2.18. The number of anilines is 6. The summed E-state index contributed by atoms with van der Waals surface area (Å²) in [5, 5.41) is 5.00. The fraction of sp³-hybridized carbons (Fsp3) is 0.0417.